The van der Waals surface area contributed by atoms with Crippen LogP contribution in [0.5, 0.6) is 0 Å². The Bertz CT molecular complexity index is 326. The van der Waals surface area contributed by atoms with E-state index in [0.717, 1.165) is 37.7 Å². The van der Waals surface area contributed by atoms with E-state index < -0.39 is 6.10 Å². The highest BCUT2D eigenvalue weighted by atomic mass is 32.1. The zero-order valence-corrected chi connectivity index (χ0v) is 11.7. The van der Waals surface area contributed by atoms with Gasteiger partial charge < -0.3 is 15.2 Å². The van der Waals surface area contributed by atoms with Gasteiger partial charge in [0.1, 0.15) is 6.10 Å². The van der Waals surface area contributed by atoms with Crippen LogP contribution in [0.25, 0.3) is 0 Å². The Kier molecular flexibility index (Phi) is 5.59. The summed E-state index contributed by atoms with van der Waals surface area (Å²) in [4.78, 5) is 3.43. The van der Waals surface area contributed by atoms with Gasteiger partial charge in [-0.25, -0.2) is 0 Å². The van der Waals surface area contributed by atoms with E-state index in [1.807, 2.05) is 17.5 Å². The number of nitrogens with one attached hydrogen (secondary N) is 1. The number of hydrogen-bond acceptors (Lipinski definition) is 5. The topological polar surface area (TPSA) is 44.7 Å². The number of thiophene rings is 1. The monoisotopic (exact) mass is 270 g/mol. The number of nitrogens with zero attached hydrogens (tertiary/aromatic N) is 1. The fraction of sp³-hybridized carbons (Fsp3) is 0.692. The van der Waals surface area contributed by atoms with Crippen LogP contribution >= 0.6 is 11.3 Å². The summed E-state index contributed by atoms with van der Waals surface area (Å²) in [6, 6.07) is 4.34. The van der Waals surface area contributed by atoms with Crippen molar-refractivity contribution >= 4 is 11.3 Å². The molecule has 0 radical (unpaired) electrons. The van der Waals surface area contributed by atoms with Crippen LogP contribution in [0.1, 0.15) is 17.9 Å². The molecule has 1 fully saturated rings. The van der Waals surface area contributed by atoms with Crippen molar-refractivity contribution in [3.8, 4) is 0 Å². The number of aliphatic hydroxyl groups excluding tert-OH is 1. The van der Waals surface area contributed by atoms with Gasteiger partial charge in [-0.3, -0.25) is 4.90 Å². The molecule has 0 bridgehead atoms. The summed E-state index contributed by atoms with van der Waals surface area (Å²) in [6.07, 6.45) is -0.392. The van der Waals surface area contributed by atoms with E-state index in [0.29, 0.717) is 12.6 Å². The molecule has 2 unspecified atom stereocenters. The van der Waals surface area contributed by atoms with Crippen LogP contribution < -0.4 is 5.32 Å². The maximum atomic E-state index is 9.98. The Labute approximate surface area is 113 Å². The maximum absolute atomic E-state index is 9.98. The summed E-state index contributed by atoms with van der Waals surface area (Å²) >= 11 is 1.60. The van der Waals surface area contributed by atoms with Crippen molar-refractivity contribution in [1.82, 2.24) is 10.2 Å². The Morgan fingerprint density at radius 1 is 1.50 bits per heavy atom. The molecular formula is C13H22N2O2S. The lowest BCUT2D eigenvalue weighted by Gasteiger charge is -2.29. The molecule has 0 amide bonds. The van der Waals surface area contributed by atoms with Crippen LogP contribution in [0, 0.1) is 0 Å². The minimum absolute atomic E-state index is 0.387. The first-order chi connectivity index (χ1) is 8.75. The summed E-state index contributed by atoms with van der Waals surface area (Å²) in [5.41, 5.74) is 0. The lowest BCUT2D eigenvalue weighted by Crippen LogP contribution is -2.45. The molecule has 2 N–H and O–H groups in total. The molecule has 1 saturated heterocycles. The summed E-state index contributed by atoms with van der Waals surface area (Å²) < 4.78 is 5.33. The average molecular weight is 270 g/mol. The van der Waals surface area contributed by atoms with Crippen molar-refractivity contribution < 1.29 is 9.84 Å². The van der Waals surface area contributed by atoms with E-state index in [9.17, 15) is 5.11 Å². The van der Waals surface area contributed by atoms with Gasteiger partial charge in [-0.15, -0.1) is 11.3 Å². The first kappa shape index (κ1) is 14.0. The van der Waals surface area contributed by atoms with Crippen molar-refractivity contribution in [3.05, 3.63) is 22.4 Å². The highest BCUT2D eigenvalue weighted by Crippen LogP contribution is 2.17. The summed E-state index contributed by atoms with van der Waals surface area (Å²) in [7, 11) is 0. The SMILES string of the molecule is CC(CN1CCOCC1)NCC(O)c1cccs1. The van der Waals surface area contributed by atoms with Crippen LogP contribution in [-0.4, -0.2) is 55.4 Å². The molecule has 0 spiro atoms. The van der Waals surface area contributed by atoms with Gasteiger partial charge in [0.2, 0.25) is 0 Å². The van der Waals surface area contributed by atoms with Gasteiger partial charge in [-0.2, -0.15) is 0 Å². The zero-order valence-electron chi connectivity index (χ0n) is 10.8. The fourth-order valence-corrected chi connectivity index (χ4v) is 2.84. The van der Waals surface area contributed by atoms with Crippen molar-refractivity contribution in [1.29, 1.82) is 0 Å². The second-order valence-corrected chi connectivity index (χ2v) is 5.73. The minimum atomic E-state index is -0.392. The third kappa shape index (κ3) is 4.33. The van der Waals surface area contributed by atoms with Crippen LogP contribution in [0.15, 0.2) is 17.5 Å². The van der Waals surface area contributed by atoms with Crippen LogP contribution in [0.4, 0.5) is 0 Å². The highest BCUT2D eigenvalue weighted by Gasteiger charge is 2.15. The van der Waals surface area contributed by atoms with E-state index in [1.54, 1.807) is 11.3 Å². The standard InChI is InChI=1S/C13H22N2O2S/c1-11(10-15-4-6-17-7-5-15)14-9-12(16)13-3-2-8-18-13/h2-3,8,11-12,14,16H,4-7,9-10H2,1H3. The number of morpholine rings is 1. The third-order valence-electron chi connectivity index (χ3n) is 3.17. The minimum Gasteiger partial charge on any atom is -0.386 e. The van der Waals surface area contributed by atoms with Gasteiger partial charge in [-0.05, 0) is 18.4 Å². The van der Waals surface area contributed by atoms with Gasteiger partial charge >= 0.3 is 0 Å². The molecule has 4 nitrogen and oxygen atoms in total. The highest BCUT2D eigenvalue weighted by molar-refractivity contribution is 7.10. The summed E-state index contributed by atoms with van der Waals surface area (Å²) in [5.74, 6) is 0. The number of ether oxygens (including phenoxy) is 1. The van der Waals surface area contributed by atoms with Crippen LogP contribution in [-0.2, 0) is 4.74 Å². The molecule has 0 aromatic carbocycles. The zero-order chi connectivity index (χ0) is 12.8. The summed E-state index contributed by atoms with van der Waals surface area (Å²) in [5, 5.41) is 15.4. The second-order valence-electron chi connectivity index (χ2n) is 4.75. The lowest BCUT2D eigenvalue weighted by molar-refractivity contribution is 0.0337. The maximum Gasteiger partial charge on any atom is 0.101 e. The van der Waals surface area contributed by atoms with Crippen molar-refractivity contribution in [3.63, 3.8) is 0 Å². The van der Waals surface area contributed by atoms with Crippen LogP contribution in [0.3, 0.4) is 0 Å². The molecule has 2 atom stereocenters. The first-order valence-corrected chi connectivity index (χ1v) is 7.38. The predicted octanol–water partition coefficient (Wildman–Crippen LogP) is 1.09. The predicted molar refractivity (Wildman–Crippen MR) is 74.0 cm³/mol. The molecular weight excluding hydrogens is 248 g/mol. The third-order valence-corrected chi connectivity index (χ3v) is 4.14. The van der Waals surface area contributed by atoms with E-state index in [4.69, 9.17) is 4.74 Å². The molecule has 5 heteroatoms. The average Bonchev–Trinajstić information content (AvgIpc) is 2.91. The molecule has 1 aliphatic heterocycles. The van der Waals surface area contributed by atoms with Gasteiger partial charge in [0.15, 0.2) is 0 Å². The van der Waals surface area contributed by atoms with Crippen LogP contribution in [0.2, 0.25) is 0 Å². The van der Waals surface area contributed by atoms with E-state index in [-0.39, 0.29) is 0 Å². The molecule has 2 rings (SSSR count). The number of hydrogen-bond donors (Lipinski definition) is 2. The summed E-state index contributed by atoms with van der Waals surface area (Å²) in [6.45, 7) is 7.50. The Hall–Kier alpha value is -0.460. The van der Waals surface area contributed by atoms with Gasteiger partial charge in [0, 0.05) is 37.1 Å². The lowest BCUT2D eigenvalue weighted by atomic mass is 10.2. The fourth-order valence-electron chi connectivity index (χ4n) is 2.13. The molecule has 1 aromatic heterocycles. The van der Waals surface area contributed by atoms with E-state index >= 15 is 0 Å². The number of rotatable bonds is 6. The molecule has 0 saturated carbocycles. The molecule has 1 aromatic rings. The molecule has 0 aliphatic carbocycles. The van der Waals surface area contributed by atoms with Crippen molar-refractivity contribution in [2.24, 2.45) is 0 Å². The molecule has 2 heterocycles. The Morgan fingerprint density at radius 3 is 2.94 bits per heavy atom. The molecule has 18 heavy (non-hydrogen) atoms. The van der Waals surface area contributed by atoms with Crippen molar-refractivity contribution in [2.75, 3.05) is 39.4 Å². The number of aliphatic hydroxyl groups is 1. The Balaban J connectivity index is 1.66. The largest absolute Gasteiger partial charge is 0.386 e. The van der Waals surface area contributed by atoms with Gasteiger partial charge in [-0.1, -0.05) is 6.07 Å². The normalized spacial score (nSPS) is 20.8. The Morgan fingerprint density at radius 2 is 2.28 bits per heavy atom. The quantitative estimate of drug-likeness (QED) is 0.812. The van der Waals surface area contributed by atoms with E-state index in [2.05, 4.69) is 17.1 Å². The second kappa shape index (κ2) is 7.21. The van der Waals surface area contributed by atoms with Gasteiger partial charge in [0.05, 0.1) is 13.2 Å². The van der Waals surface area contributed by atoms with Crippen molar-refractivity contribution in [2.45, 2.75) is 19.1 Å². The smallest absolute Gasteiger partial charge is 0.101 e. The van der Waals surface area contributed by atoms with Gasteiger partial charge in [0.25, 0.3) is 0 Å². The first-order valence-electron chi connectivity index (χ1n) is 6.50. The molecule has 1 aliphatic rings. The van der Waals surface area contributed by atoms with E-state index in [1.165, 1.54) is 0 Å². The molecule has 102 valence electrons.